The molecule has 6 nitrogen and oxygen atoms in total. The Hall–Kier alpha value is -2.86. The molecule has 2 aromatic rings. The number of anilines is 1. The van der Waals surface area contributed by atoms with Crippen molar-refractivity contribution in [1.82, 2.24) is 5.43 Å². The van der Waals surface area contributed by atoms with Crippen LogP contribution in [-0.4, -0.2) is 23.1 Å². The maximum absolute atomic E-state index is 11.8. The van der Waals surface area contributed by atoms with E-state index in [4.69, 9.17) is 11.6 Å². The summed E-state index contributed by atoms with van der Waals surface area (Å²) in [5.74, 6) is -1.76. The number of benzene rings is 2. The first-order valence-corrected chi connectivity index (χ1v) is 7.03. The van der Waals surface area contributed by atoms with Gasteiger partial charge in [0.25, 0.3) is 0 Å². The molecule has 7 heteroatoms. The van der Waals surface area contributed by atoms with Gasteiger partial charge in [0.15, 0.2) is 0 Å². The van der Waals surface area contributed by atoms with Gasteiger partial charge in [-0.2, -0.15) is 5.10 Å². The Morgan fingerprint density at radius 3 is 2.61 bits per heavy atom. The highest BCUT2D eigenvalue weighted by Gasteiger charge is 2.14. The maximum Gasteiger partial charge on any atom is 0.329 e. The zero-order chi connectivity index (χ0) is 16.8. The number of carbonyl (C=O) groups is 2. The third kappa shape index (κ3) is 4.55. The predicted molar refractivity (Wildman–Crippen MR) is 88.7 cm³/mol. The lowest BCUT2D eigenvalue weighted by Crippen LogP contribution is -2.32. The minimum absolute atomic E-state index is 0.0201. The molecule has 0 aliphatic heterocycles. The summed E-state index contributed by atoms with van der Waals surface area (Å²) < 4.78 is 0. The van der Waals surface area contributed by atoms with Crippen LogP contribution in [0, 0.1) is 6.92 Å². The van der Waals surface area contributed by atoms with Gasteiger partial charge < -0.3 is 10.4 Å². The number of phenols is 1. The van der Waals surface area contributed by atoms with E-state index in [-0.39, 0.29) is 5.75 Å². The fraction of sp³-hybridized carbons (Fsp3) is 0.0625. The molecule has 0 aliphatic rings. The number of aromatic hydroxyl groups is 1. The monoisotopic (exact) mass is 331 g/mol. The minimum Gasteiger partial charge on any atom is -0.507 e. The first-order chi connectivity index (χ1) is 11.0. The number of halogens is 1. The predicted octanol–water partition coefficient (Wildman–Crippen LogP) is 2.44. The molecule has 0 fully saturated rings. The summed E-state index contributed by atoms with van der Waals surface area (Å²) in [7, 11) is 0. The molecule has 2 aromatic carbocycles. The third-order valence-corrected chi connectivity index (χ3v) is 3.18. The molecule has 0 saturated heterocycles. The minimum atomic E-state index is -0.925. The highest BCUT2D eigenvalue weighted by Crippen LogP contribution is 2.19. The Balaban J connectivity index is 1.95. The van der Waals surface area contributed by atoms with Crippen LogP contribution in [0.1, 0.15) is 11.1 Å². The molecule has 0 unspecified atom stereocenters. The van der Waals surface area contributed by atoms with E-state index >= 15 is 0 Å². The van der Waals surface area contributed by atoms with E-state index in [9.17, 15) is 14.7 Å². The molecule has 0 bridgehead atoms. The number of nitrogens with zero attached hydrogens (tertiary/aromatic N) is 1. The molecular weight excluding hydrogens is 318 g/mol. The van der Waals surface area contributed by atoms with Crippen molar-refractivity contribution in [2.75, 3.05) is 5.32 Å². The van der Waals surface area contributed by atoms with E-state index in [0.717, 1.165) is 5.56 Å². The first kappa shape index (κ1) is 16.5. The smallest absolute Gasteiger partial charge is 0.329 e. The van der Waals surface area contributed by atoms with E-state index in [2.05, 4.69) is 15.8 Å². The highest BCUT2D eigenvalue weighted by atomic mass is 35.5. The van der Waals surface area contributed by atoms with Crippen LogP contribution in [-0.2, 0) is 9.59 Å². The van der Waals surface area contributed by atoms with E-state index < -0.39 is 11.8 Å². The normalized spacial score (nSPS) is 10.5. The van der Waals surface area contributed by atoms with Gasteiger partial charge in [-0.05, 0) is 42.8 Å². The number of para-hydroxylation sites is 1. The number of amides is 2. The summed E-state index contributed by atoms with van der Waals surface area (Å²) in [6.07, 6.45) is 1.24. The molecule has 0 radical (unpaired) electrons. The van der Waals surface area contributed by atoms with Gasteiger partial charge in [-0.25, -0.2) is 5.43 Å². The summed E-state index contributed by atoms with van der Waals surface area (Å²) in [6.45, 7) is 1.76. The van der Waals surface area contributed by atoms with Crippen molar-refractivity contribution in [2.45, 2.75) is 6.92 Å². The second kappa shape index (κ2) is 7.42. The standard InChI is InChI=1S/C16H14ClN3O3/c1-10-8-12(17)6-7-13(10)19-15(22)16(23)20-18-9-11-4-2-3-5-14(11)21/h2-9,21H,1H3,(H,19,22)(H,20,23)/b18-9-. The van der Waals surface area contributed by atoms with Crippen molar-refractivity contribution in [3.8, 4) is 5.75 Å². The molecular formula is C16H14ClN3O3. The number of aryl methyl sites for hydroxylation is 1. The molecule has 0 atom stereocenters. The summed E-state index contributed by atoms with van der Waals surface area (Å²) >= 11 is 5.82. The molecule has 0 heterocycles. The van der Waals surface area contributed by atoms with Gasteiger partial charge in [0, 0.05) is 16.3 Å². The molecule has 0 aromatic heterocycles. The van der Waals surface area contributed by atoms with Crippen LogP contribution in [0.25, 0.3) is 0 Å². The van der Waals surface area contributed by atoms with Gasteiger partial charge in [-0.1, -0.05) is 23.7 Å². The lowest BCUT2D eigenvalue weighted by molar-refractivity contribution is -0.136. The number of carbonyl (C=O) groups excluding carboxylic acids is 2. The van der Waals surface area contributed by atoms with Gasteiger partial charge in [-0.15, -0.1) is 0 Å². The van der Waals surface area contributed by atoms with Gasteiger partial charge in [0.1, 0.15) is 5.75 Å². The molecule has 2 rings (SSSR count). The lowest BCUT2D eigenvalue weighted by Gasteiger charge is -2.07. The zero-order valence-electron chi connectivity index (χ0n) is 12.2. The Morgan fingerprint density at radius 2 is 1.91 bits per heavy atom. The van der Waals surface area contributed by atoms with Crippen molar-refractivity contribution in [3.05, 3.63) is 58.6 Å². The zero-order valence-corrected chi connectivity index (χ0v) is 13.0. The fourth-order valence-corrected chi connectivity index (χ4v) is 1.98. The molecule has 118 valence electrons. The van der Waals surface area contributed by atoms with Crippen molar-refractivity contribution >= 4 is 35.3 Å². The molecule has 2 amide bonds. The van der Waals surface area contributed by atoms with Gasteiger partial charge in [0.2, 0.25) is 0 Å². The molecule has 3 N–H and O–H groups in total. The Labute approximate surface area is 137 Å². The van der Waals surface area contributed by atoms with Crippen LogP contribution in [0.5, 0.6) is 5.75 Å². The SMILES string of the molecule is Cc1cc(Cl)ccc1NC(=O)C(=O)N/N=C\c1ccccc1O. The quantitative estimate of drug-likeness (QED) is 0.458. The largest absolute Gasteiger partial charge is 0.507 e. The molecule has 0 saturated carbocycles. The van der Waals surface area contributed by atoms with E-state index in [0.29, 0.717) is 16.3 Å². The number of nitrogens with one attached hydrogen (secondary N) is 2. The van der Waals surface area contributed by atoms with E-state index in [1.54, 1.807) is 43.3 Å². The Morgan fingerprint density at radius 1 is 1.17 bits per heavy atom. The molecule has 0 aliphatic carbocycles. The second-order valence-electron chi connectivity index (χ2n) is 4.67. The van der Waals surface area contributed by atoms with Crippen LogP contribution < -0.4 is 10.7 Å². The Bertz CT molecular complexity index is 775. The van der Waals surface area contributed by atoms with Crippen LogP contribution in [0.2, 0.25) is 5.02 Å². The fourth-order valence-electron chi connectivity index (χ4n) is 1.75. The van der Waals surface area contributed by atoms with Crippen LogP contribution in [0.3, 0.4) is 0 Å². The maximum atomic E-state index is 11.8. The van der Waals surface area contributed by atoms with Gasteiger partial charge in [-0.3, -0.25) is 9.59 Å². The summed E-state index contributed by atoms with van der Waals surface area (Å²) in [5, 5.41) is 16.2. The van der Waals surface area contributed by atoms with Crippen molar-refractivity contribution in [2.24, 2.45) is 5.10 Å². The Kier molecular flexibility index (Phi) is 5.32. The molecule has 0 spiro atoms. The van der Waals surface area contributed by atoms with Crippen molar-refractivity contribution in [1.29, 1.82) is 0 Å². The summed E-state index contributed by atoms with van der Waals surface area (Å²) in [6, 6.07) is 11.4. The highest BCUT2D eigenvalue weighted by molar-refractivity contribution is 6.39. The number of hydrazone groups is 1. The lowest BCUT2D eigenvalue weighted by atomic mass is 10.2. The summed E-state index contributed by atoms with van der Waals surface area (Å²) in [4.78, 5) is 23.5. The van der Waals surface area contributed by atoms with Gasteiger partial charge >= 0.3 is 11.8 Å². The second-order valence-corrected chi connectivity index (χ2v) is 5.11. The van der Waals surface area contributed by atoms with Crippen LogP contribution >= 0.6 is 11.6 Å². The van der Waals surface area contributed by atoms with Gasteiger partial charge in [0.05, 0.1) is 6.21 Å². The van der Waals surface area contributed by atoms with Crippen molar-refractivity contribution in [3.63, 3.8) is 0 Å². The van der Waals surface area contributed by atoms with Crippen LogP contribution in [0.4, 0.5) is 5.69 Å². The summed E-state index contributed by atoms with van der Waals surface area (Å²) in [5.41, 5.74) is 3.73. The van der Waals surface area contributed by atoms with Crippen LogP contribution in [0.15, 0.2) is 47.6 Å². The van der Waals surface area contributed by atoms with E-state index in [1.165, 1.54) is 12.3 Å². The molecule has 23 heavy (non-hydrogen) atoms. The first-order valence-electron chi connectivity index (χ1n) is 6.66. The average Bonchev–Trinajstić information content (AvgIpc) is 2.51. The number of phenolic OH excluding ortho intramolecular Hbond substituents is 1. The van der Waals surface area contributed by atoms with Crippen molar-refractivity contribution < 1.29 is 14.7 Å². The van der Waals surface area contributed by atoms with E-state index in [1.807, 2.05) is 0 Å². The number of rotatable bonds is 3. The topological polar surface area (TPSA) is 90.8 Å². The number of hydrogen-bond donors (Lipinski definition) is 3. The average molecular weight is 332 g/mol. The number of hydrogen-bond acceptors (Lipinski definition) is 4. The third-order valence-electron chi connectivity index (χ3n) is 2.95.